The highest BCUT2D eigenvalue weighted by Crippen LogP contribution is 2.30. The van der Waals surface area contributed by atoms with Crippen LogP contribution in [0, 0.1) is 5.92 Å². The number of carbonyl (C=O) groups is 2. The highest BCUT2D eigenvalue weighted by molar-refractivity contribution is 5.97. The summed E-state index contributed by atoms with van der Waals surface area (Å²) < 4.78 is 10.3. The third-order valence-corrected chi connectivity index (χ3v) is 3.17. The van der Waals surface area contributed by atoms with Gasteiger partial charge in [0.2, 0.25) is 0 Å². The largest absolute Gasteiger partial charge is 0.493 e. The van der Waals surface area contributed by atoms with Gasteiger partial charge in [-0.15, -0.1) is 0 Å². The van der Waals surface area contributed by atoms with Gasteiger partial charge >= 0.3 is 5.97 Å². The number of methoxy groups -OCH3 is 2. The molecule has 1 rings (SSSR count). The summed E-state index contributed by atoms with van der Waals surface area (Å²) in [7, 11) is 2.98. The van der Waals surface area contributed by atoms with E-state index in [4.69, 9.17) is 14.6 Å². The molecule has 1 aromatic rings. The van der Waals surface area contributed by atoms with Gasteiger partial charge in [-0.25, -0.2) is 0 Å². The number of rotatable bonds is 8. The molecule has 0 spiro atoms. The van der Waals surface area contributed by atoms with E-state index in [1.807, 2.05) is 0 Å². The topological polar surface area (TPSA) is 84.9 Å². The molecular weight excluding hydrogens is 274 g/mol. The van der Waals surface area contributed by atoms with Gasteiger partial charge < -0.3 is 19.9 Å². The van der Waals surface area contributed by atoms with Crippen LogP contribution in [0.15, 0.2) is 18.2 Å². The highest BCUT2D eigenvalue weighted by Gasteiger charge is 2.16. The van der Waals surface area contributed by atoms with Crippen LogP contribution in [0.2, 0.25) is 0 Å². The first-order valence-electron chi connectivity index (χ1n) is 6.73. The zero-order chi connectivity index (χ0) is 15.8. The summed E-state index contributed by atoms with van der Waals surface area (Å²) in [5.41, 5.74) is 0.392. The second kappa shape index (κ2) is 8.14. The van der Waals surface area contributed by atoms with Gasteiger partial charge in [-0.3, -0.25) is 9.59 Å². The Hall–Kier alpha value is -2.24. The lowest BCUT2D eigenvalue weighted by Gasteiger charge is -2.12. The number of nitrogens with one attached hydrogen (secondary N) is 1. The Kier molecular flexibility index (Phi) is 6.52. The molecule has 0 aliphatic carbocycles. The van der Waals surface area contributed by atoms with Gasteiger partial charge in [0.15, 0.2) is 11.5 Å². The van der Waals surface area contributed by atoms with Crippen LogP contribution in [0.1, 0.15) is 30.1 Å². The first-order valence-corrected chi connectivity index (χ1v) is 6.73. The van der Waals surface area contributed by atoms with Gasteiger partial charge in [-0.05, 0) is 25.0 Å². The van der Waals surface area contributed by atoms with Crippen LogP contribution in [-0.2, 0) is 4.79 Å². The smallest absolute Gasteiger partial charge is 0.306 e. The van der Waals surface area contributed by atoms with Crippen LogP contribution in [0.3, 0.4) is 0 Å². The normalized spacial score (nSPS) is 11.6. The Morgan fingerprint density at radius 2 is 2.00 bits per heavy atom. The fraction of sp³-hybridized carbons (Fsp3) is 0.467. The minimum absolute atomic E-state index is 0.270. The lowest BCUT2D eigenvalue weighted by atomic mass is 10.1. The van der Waals surface area contributed by atoms with Crippen LogP contribution in [0.5, 0.6) is 11.5 Å². The number of para-hydroxylation sites is 1. The molecule has 0 aromatic heterocycles. The first kappa shape index (κ1) is 16.8. The molecule has 116 valence electrons. The number of ether oxygens (including phenoxy) is 2. The van der Waals surface area contributed by atoms with E-state index in [-0.39, 0.29) is 5.91 Å². The van der Waals surface area contributed by atoms with E-state index in [9.17, 15) is 9.59 Å². The number of hydrogen-bond donors (Lipinski definition) is 2. The number of benzene rings is 1. The van der Waals surface area contributed by atoms with Gasteiger partial charge in [0, 0.05) is 6.54 Å². The molecule has 6 nitrogen and oxygen atoms in total. The lowest BCUT2D eigenvalue weighted by Crippen LogP contribution is -2.25. The number of carboxylic acids is 1. The average molecular weight is 295 g/mol. The predicted octanol–water partition coefficient (Wildman–Crippen LogP) is 1.93. The second-order valence-corrected chi connectivity index (χ2v) is 4.68. The summed E-state index contributed by atoms with van der Waals surface area (Å²) in [6, 6.07) is 5.07. The summed E-state index contributed by atoms with van der Waals surface area (Å²) in [6.07, 6.45) is 1.12. The minimum atomic E-state index is -0.823. The van der Waals surface area contributed by atoms with Crippen molar-refractivity contribution in [2.24, 2.45) is 5.92 Å². The Labute approximate surface area is 124 Å². The lowest BCUT2D eigenvalue weighted by molar-refractivity contribution is -0.141. The molecule has 0 aliphatic rings. The molecule has 0 bridgehead atoms. The number of amides is 1. The van der Waals surface area contributed by atoms with Crippen molar-refractivity contribution >= 4 is 11.9 Å². The fourth-order valence-corrected chi connectivity index (χ4v) is 1.89. The molecule has 1 amide bonds. The van der Waals surface area contributed by atoms with Gasteiger partial charge in [0.1, 0.15) is 0 Å². The van der Waals surface area contributed by atoms with E-state index in [0.717, 1.165) is 0 Å². The summed E-state index contributed by atoms with van der Waals surface area (Å²) in [4.78, 5) is 22.8. The van der Waals surface area contributed by atoms with Crippen molar-refractivity contribution in [2.75, 3.05) is 20.8 Å². The molecular formula is C15H21NO5. The molecule has 2 N–H and O–H groups in total. The van der Waals surface area contributed by atoms with Crippen molar-refractivity contribution in [2.45, 2.75) is 19.8 Å². The van der Waals surface area contributed by atoms with Gasteiger partial charge in [0.05, 0.1) is 25.7 Å². The van der Waals surface area contributed by atoms with Crippen molar-refractivity contribution in [1.82, 2.24) is 5.32 Å². The molecule has 1 unspecified atom stereocenters. The van der Waals surface area contributed by atoms with E-state index in [1.54, 1.807) is 25.1 Å². The van der Waals surface area contributed by atoms with E-state index >= 15 is 0 Å². The molecule has 1 aromatic carbocycles. The zero-order valence-electron chi connectivity index (χ0n) is 12.5. The van der Waals surface area contributed by atoms with Crippen molar-refractivity contribution in [3.8, 4) is 11.5 Å². The Morgan fingerprint density at radius 3 is 2.57 bits per heavy atom. The summed E-state index contributed by atoms with van der Waals surface area (Å²) in [5, 5.41) is 11.5. The summed E-state index contributed by atoms with van der Waals surface area (Å²) >= 11 is 0. The van der Waals surface area contributed by atoms with Crippen molar-refractivity contribution in [1.29, 1.82) is 0 Å². The third kappa shape index (κ3) is 4.66. The molecule has 0 radical (unpaired) electrons. The van der Waals surface area contributed by atoms with E-state index < -0.39 is 11.9 Å². The quantitative estimate of drug-likeness (QED) is 0.716. The number of carbonyl (C=O) groups excluding carboxylic acids is 1. The molecule has 0 saturated heterocycles. The van der Waals surface area contributed by atoms with Gasteiger partial charge in [0.25, 0.3) is 5.91 Å². The molecule has 0 heterocycles. The van der Waals surface area contributed by atoms with Crippen molar-refractivity contribution in [3.05, 3.63) is 23.8 Å². The zero-order valence-corrected chi connectivity index (χ0v) is 12.5. The maximum absolute atomic E-state index is 12.1. The summed E-state index contributed by atoms with van der Waals surface area (Å²) in [5.74, 6) is -0.626. The number of aliphatic carboxylic acids is 1. The Bertz CT molecular complexity index is 501. The van der Waals surface area contributed by atoms with Crippen molar-refractivity contribution in [3.63, 3.8) is 0 Å². The molecule has 0 aliphatic heterocycles. The van der Waals surface area contributed by atoms with E-state index in [0.29, 0.717) is 36.4 Å². The van der Waals surface area contributed by atoms with Gasteiger partial charge in [-0.1, -0.05) is 13.0 Å². The van der Waals surface area contributed by atoms with Crippen LogP contribution < -0.4 is 14.8 Å². The molecule has 0 fully saturated rings. The number of carboxylic acid groups (broad SMARTS) is 1. The predicted molar refractivity (Wildman–Crippen MR) is 77.9 cm³/mol. The SMILES string of the molecule is COc1cccc(C(=O)NCCCC(C)C(=O)O)c1OC. The Balaban J connectivity index is 2.58. The van der Waals surface area contributed by atoms with Gasteiger partial charge in [-0.2, -0.15) is 0 Å². The third-order valence-electron chi connectivity index (χ3n) is 3.17. The molecule has 21 heavy (non-hydrogen) atoms. The van der Waals surface area contributed by atoms with Crippen LogP contribution in [0.25, 0.3) is 0 Å². The van der Waals surface area contributed by atoms with Crippen LogP contribution >= 0.6 is 0 Å². The first-order chi connectivity index (χ1) is 10.0. The van der Waals surface area contributed by atoms with E-state index in [2.05, 4.69) is 5.32 Å². The average Bonchev–Trinajstić information content (AvgIpc) is 2.49. The van der Waals surface area contributed by atoms with Crippen molar-refractivity contribution < 1.29 is 24.2 Å². The second-order valence-electron chi connectivity index (χ2n) is 4.68. The minimum Gasteiger partial charge on any atom is -0.493 e. The van der Waals surface area contributed by atoms with E-state index in [1.165, 1.54) is 14.2 Å². The Morgan fingerprint density at radius 1 is 1.29 bits per heavy atom. The number of hydrogen-bond acceptors (Lipinski definition) is 4. The molecule has 0 saturated carbocycles. The van der Waals surface area contributed by atoms with Crippen LogP contribution in [-0.4, -0.2) is 37.7 Å². The maximum atomic E-state index is 12.1. The van der Waals surface area contributed by atoms with Crippen LogP contribution in [0.4, 0.5) is 0 Å². The molecule has 1 atom stereocenters. The maximum Gasteiger partial charge on any atom is 0.306 e. The monoisotopic (exact) mass is 295 g/mol. The standard InChI is InChI=1S/C15H21NO5/c1-10(15(18)19)6-5-9-16-14(17)11-7-4-8-12(20-2)13(11)21-3/h4,7-8,10H,5-6,9H2,1-3H3,(H,16,17)(H,18,19). The fourth-order valence-electron chi connectivity index (χ4n) is 1.89. The summed E-state index contributed by atoms with van der Waals surface area (Å²) in [6.45, 7) is 2.06. The molecule has 6 heteroatoms. The highest BCUT2D eigenvalue weighted by atomic mass is 16.5.